The number of nitrogens with one attached hydrogen (secondary N) is 1. The van der Waals surface area contributed by atoms with Gasteiger partial charge in [0.1, 0.15) is 0 Å². The summed E-state index contributed by atoms with van der Waals surface area (Å²) in [4.78, 5) is 22.4. The van der Waals surface area contributed by atoms with Gasteiger partial charge in [0, 0.05) is 17.7 Å². The molecule has 23 heavy (non-hydrogen) atoms. The molecule has 0 atom stereocenters. The summed E-state index contributed by atoms with van der Waals surface area (Å²) in [5.74, 6) is -0.445. The number of hydrogen-bond donors (Lipinski definition) is 1. The van der Waals surface area contributed by atoms with Gasteiger partial charge in [0.2, 0.25) is 0 Å². The lowest BCUT2D eigenvalue weighted by Crippen LogP contribution is -2.19. The first-order valence-corrected chi connectivity index (χ1v) is 7.12. The number of rotatable bonds is 4. The number of non-ortho nitro benzene ring substituents is 1. The molecule has 0 unspecified atom stereocenters. The molecule has 1 N–H and O–H groups in total. The molecular formula is C16H14ClN3O3. The average Bonchev–Trinajstić information content (AvgIpc) is 2.52. The fourth-order valence-electron chi connectivity index (χ4n) is 1.91. The standard InChI is InChI=1S/C16H14ClN3O3/c1-10-6-7-14(15(17)8-10)16(21)19-18-11(2)12-4-3-5-13(9-12)20(22)23/h3-9H,1-2H3,(H,19,21)/b18-11-. The second kappa shape index (κ2) is 7.02. The van der Waals surface area contributed by atoms with Crippen LogP contribution in [0.1, 0.15) is 28.4 Å². The summed E-state index contributed by atoms with van der Waals surface area (Å²) >= 11 is 6.03. The number of carbonyl (C=O) groups excluding carboxylic acids is 1. The highest BCUT2D eigenvalue weighted by Crippen LogP contribution is 2.17. The van der Waals surface area contributed by atoms with E-state index in [0.29, 0.717) is 21.9 Å². The van der Waals surface area contributed by atoms with E-state index >= 15 is 0 Å². The monoisotopic (exact) mass is 331 g/mol. The molecule has 2 aromatic carbocycles. The lowest BCUT2D eigenvalue weighted by Gasteiger charge is -2.05. The number of carbonyl (C=O) groups is 1. The van der Waals surface area contributed by atoms with Crippen LogP contribution in [0.15, 0.2) is 47.6 Å². The molecule has 0 heterocycles. The molecule has 2 rings (SSSR count). The molecule has 0 aliphatic heterocycles. The van der Waals surface area contributed by atoms with Crippen LogP contribution in [-0.4, -0.2) is 16.5 Å². The van der Waals surface area contributed by atoms with Gasteiger partial charge in [0.15, 0.2) is 0 Å². The molecule has 0 bridgehead atoms. The van der Waals surface area contributed by atoms with Gasteiger partial charge in [-0.05, 0) is 31.5 Å². The molecule has 1 amide bonds. The molecule has 0 aliphatic rings. The highest BCUT2D eigenvalue weighted by Gasteiger charge is 2.11. The Labute approximate surface area is 137 Å². The van der Waals surface area contributed by atoms with Crippen molar-refractivity contribution in [1.29, 1.82) is 0 Å². The summed E-state index contributed by atoms with van der Waals surface area (Å²) in [6.45, 7) is 3.52. The third-order valence-corrected chi connectivity index (χ3v) is 3.48. The van der Waals surface area contributed by atoms with E-state index in [1.54, 1.807) is 37.3 Å². The van der Waals surface area contributed by atoms with Crippen molar-refractivity contribution in [3.8, 4) is 0 Å². The maximum absolute atomic E-state index is 12.1. The van der Waals surface area contributed by atoms with E-state index in [1.807, 2.05) is 6.92 Å². The number of nitro benzene ring substituents is 1. The molecule has 0 aromatic heterocycles. The lowest BCUT2D eigenvalue weighted by molar-refractivity contribution is -0.384. The lowest BCUT2D eigenvalue weighted by atomic mass is 10.1. The summed E-state index contributed by atoms with van der Waals surface area (Å²) in [5, 5.41) is 15.1. The largest absolute Gasteiger partial charge is 0.272 e. The van der Waals surface area contributed by atoms with Crippen molar-refractivity contribution in [2.24, 2.45) is 5.10 Å². The van der Waals surface area contributed by atoms with Gasteiger partial charge in [0.25, 0.3) is 11.6 Å². The summed E-state index contributed by atoms with van der Waals surface area (Å²) in [6.07, 6.45) is 0. The molecule has 0 saturated heterocycles. The van der Waals surface area contributed by atoms with Crippen molar-refractivity contribution in [2.45, 2.75) is 13.8 Å². The van der Waals surface area contributed by atoms with E-state index in [1.165, 1.54) is 12.1 Å². The van der Waals surface area contributed by atoms with Gasteiger partial charge >= 0.3 is 0 Å². The Morgan fingerprint density at radius 1 is 1.26 bits per heavy atom. The summed E-state index contributed by atoms with van der Waals surface area (Å²) in [6, 6.07) is 11.1. The Morgan fingerprint density at radius 2 is 2.00 bits per heavy atom. The Morgan fingerprint density at radius 3 is 2.65 bits per heavy atom. The van der Waals surface area contributed by atoms with Gasteiger partial charge in [0.05, 0.1) is 21.2 Å². The van der Waals surface area contributed by atoms with Crippen LogP contribution in [0.4, 0.5) is 5.69 Å². The first-order chi connectivity index (χ1) is 10.9. The third kappa shape index (κ3) is 4.14. The fourth-order valence-corrected chi connectivity index (χ4v) is 2.23. The quantitative estimate of drug-likeness (QED) is 0.526. The first-order valence-electron chi connectivity index (χ1n) is 6.74. The molecule has 118 valence electrons. The summed E-state index contributed by atoms with van der Waals surface area (Å²) in [7, 11) is 0. The van der Waals surface area contributed by atoms with Crippen molar-refractivity contribution >= 4 is 28.9 Å². The van der Waals surface area contributed by atoms with Crippen LogP contribution in [0.2, 0.25) is 5.02 Å². The van der Waals surface area contributed by atoms with Crippen LogP contribution >= 0.6 is 11.6 Å². The maximum Gasteiger partial charge on any atom is 0.272 e. The van der Waals surface area contributed by atoms with E-state index in [4.69, 9.17) is 11.6 Å². The highest BCUT2D eigenvalue weighted by molar-refractivity contribution is 6.33. The maximum atomic E-state index is 12.1. The number of nitro groups is 1. The highest BCUT2D eigenvalue weighted by atomic mass is 35.5. The normalized spacial score (nSPS) is 11.2. The third-order valence-electron chi connectivity index (χ3n) is 3.17. The van der Waals surface area contributed by atoms with Crippen LogP contribution in [-0.2, 0) is 0 Å². The van der Waals surface area contributed by atoms with Crippen molar-refractivity contribution < 1.29 is 9.72 Å². The van der Waals surface area contributed by atoms with E-state index in [9.17, 15) is 14.9 Å². The minimum Gasteiger partial charge on any atom is -0.267 e. The van der Waals surface area contributed by atoms with Gasteiger partial charge in [-0.15, -0.1) is 0 Å². The zero-order valence-corrected chi connectivity index (χ0v) is 13.3. The minimum atomic E-state index is -0.485. The second-order valence-electron chi connectivity index (χ2n) is 4.93. The number of hydrazone groups is 1. The second-order valence-corrected chi connectivity index (χ2v) is 5.34. The van der Waals surface area contributed by atoms with E-state index in [0.717, 1.165) is 5.56 Å². The predicted molar refractivity (Wildman–Crippen MR) is 89.0 cm³/mol. The minimum absolute atomic E-state index is 0.0371. The number of nitrogens with zero attached hydrogens (tertiary/aromatic N) is 2. The average molecular weight is 332 g/mol. The van der Waals surface area contributed by atoms with Crippen LogP contribution < -0.4 is 5.43 Å². The van der Waals surface area contributed by atoms with Crippen LogP contribution in [0.5, 0.6) is 0 Å². The number of hydrogen-bond acceptors (Lipinski definition) is 4. The summed E-state index contributed by atoms with van der Waals surface area (Å²) in [5.41, 5.74) is 4.62. The predicted octanol–water partition coefficient (Wildman–Crippen LogP) is 3.71. The Hall–Kier alpha value is -2.73. The molecule has 2 aromatic rings. The Kier molecular flexibility index (Phi) is 5.08. The van der Waals surface area contributed by atoms with Gasteiger partial charge < -0.3 is 0 Å². The van der Waals surface area contributed by atoms with Crippen molar-refractivity contribution in [2.75, 3.05) is 0 Å². The zero-order valence-electron chi connectivity index (χ0n) is 12.5. The fraction of sp³-hybridized carbons (Fsp3) is 0.125. The molecule has 0 fully saturated rings. The van der Waals surface area contributed by atoms with E-state index in [-0.39, 0.29) is 5.69 Å². The Bertz CT molecular complexity index is 803. The smallest absolute Gasteiger partial charge is 0.267 e. The number of benzene rings is 2. The zero-order chi connectivity index (χ0) is 17.0. The molecular weight excluding hydrogens is 318 g/mol. The van der Waals surface area contributed by atoms with Crippen molar-refractivity contribution in [3.63, 3.8) is 0 Å². The number of amides is 1. The van der Waals surface area contributed by atoms with Gasteiger partial charge in [-0.2, -0.15) is 5.10 Å². The van der Waals surface area contributed by atoms with Crippen LogP contribution in [0.3, 0.4) is 0 Å². The molecule has 0 saturated carbocycles. The van der Waals surface area contributed by atoms with Gasteiger partial charge in [-0.3, -0.25) is 14.9 Å². The Balaban J connectivity index is 2.17. The number of halogens is 1. The molecule has 0 radical (unpaired) electrons. The summed E-state index contributed by atoms with van der Waals surface area (Å²) < 4.78 is 0. The number of aryl methyl sites for hydroxylation is 1. The molecule has 0 aliphatic carbocycles. The van der Waals surface area contributed by atoms with E-state index in [2.05, 4.69) is 10.5 Å². The molecule has 7 heteroatoms. The van der Waals surface area contributed by atoms with Crippen LogP contribution in [0.25, 0.3) is 0 Å². The molecule has 6 nitrogen and oxygen atoms in total. The van der Waals surface area contributed by atoms with Crippen molar-refractivity contribution in [1.82, 2.24) is 5.43 Å². The SMILES string of the molecule is C/C(=N/NC(=O)c1ccc(C)cc1Cl)c1cccc([N+](=O)[O-])c1. The van der Waals surface area contributed by atoms with Crippen molar-refractivity contribution in [3.05, 3.63) is 74.3 Å². The topological polar surface area (TPSA) is 84.6 Å². The van der Waals surface area contributed by atoms with Gasteiger partial charge in [-0.25, -0.2) is 5.43 Å². The van der Waals surface area contributed by atoms with Gasteiger partial charge in [-0.1, -0.05) is 29.8 Å². The van der Waals surface area contributed by atoms with Crippen LogP contribution in [0, 0.1) is 17.0 Å². The first kappa shape index (κ1) is 16.6. The van der Waals surface area contributed by atoms with E-state index < -0.39 is 10.8 Å². The molecule has 0 spiro atoms.